The van der Waals surface area contributed by atoms with Crippen LogP contribution in [0.25, 0.3) is 0 Å². The molecule has 0 radical (unpaired) electrons. The van der Waals surface area contributed by atoms with Gasteiger partial charge in [-0.05, 0) is 78.0 Å². The van der Waals surface area contributed by atoms with E-state index < -0.39 is 93.0 Å². The van der Waals surface area contributed by atoms with Gasteiger partial charge in [-0.3, -0.25) is 13.2 Å². The molecule has 0 saturated carbocycles. The number of hydrogen-bond acceptors (Lipinski definition) is 8. The first-order valence-electron chi connectivity index (χ1n) is 19.9. The maximum atomic E-state index is 14.2. The van der Waals surface area contributed by atoms with Crippen molar-refractivity contribution >= 4 is 74.4 Å². The van der Waals surface area contributed by atoms with Crippen LogP contribution in [0.15, 0.2) is 0 Å². The molecule has 0 aromatic carbocycles. The predicted molar refractivity (Wildman–Crippen MR) is 258 cm³/mol. The van der Waals surface area contributed by atoms with Gasteiger partial charge in [-0.2, -0.15) is 0 Å². The number of rotatable bonds is 13. The van der Waals surface area contributed by atoms with Gasteiger partial charge >= 0.3 is 0 Å². The van der Waals surface area contributed by atoms with Crippen molar-refractivity contribution in [1.82, 2.24) is 17.2 Å². The standard InChI is InChI=1S/C9H18F2NO2PS.C8H18F2NO2PS.C8H17FNO2PS.C7H15FNO2PS.CH2F2.2CH3F/c1-8(10)6-9(11,15-3)4-5-12(2)16(13,14)7-8;1-8(9,10)7-15(12,13)11(2)5-4-6-14-3;1-10-5-3-8(9,4-6-13-2)7-14(10,11)12;1-9-4-3-7(5-8,12-2)6-13(9,10)11;2-1-3;2*1-2/h15H,4-7H2,1-3H3;14H,4-7H2,1-3H3;13H,3-7H2,1-2H3;12H,3-6H2,1-2H3;1H2;2*1H3. The Bertz CT molecular complexity index is 1730. The molecule has 0 aliphatic carbocycles. The molecule has 65 heavy (non-hydrogen) atoms. The molecule has 3 heterocycles. The molecular formula is C35H76F10N4O8P4S4. The highest BCUT2D eigenvalue weighted by atomic mass is 32.2. The number of alkyl halides is 10. The smallest absolute Gasteiger partial charge is 0.255 e. The van der Waals surface area contributed by atoms with Crippen LogP contribution in [0.4, 0.5) is 43.9 Å². The lowest BCUT2D eigenvalue weighted by atomic mass is 10.0. The minimum atomic E-state index is -3.81. The van der Waals surface area contributed by atoms with Gasteiger partial charge in [0, 0.05) is 72.9 Å². The van der Waals surface area contributed by atoms with Gasteiger partial charge in [-0.1, -0.05) is 8.58 Å². The zero-order valence-corrected chi connectivity index (χ0v) is 47.0. The SMILES string of the molecule is CF.CF.CPC1(CF)CCN(C)S(=O)(=O)C1.CPC1(F)CCN(C)S(=O)(=O)CC(C)(F)C1.CPCCC1(F)CCN(C)S(=O)(=O)C1.CPCCCN(C)S(=O)(=O)CC(C)(F)F.FCF. The van der Waals surface area contributed by atoms with Gasteiger partial charge in [0.1, 0.15) is 22.5 Å². The quantitative estimate of drug-likeness (QED) is 0.108. The first-order chi connectivity index (χ1) is 29.6. The molecule has 8 atom stereocenters. The largest absolute Gasteiger partial charge is 0.260 e. The van der Waals surface area contributed by atoms with Crippen LogP contribution in [-0.2, 0) is 40.1 Å². The number of sulfonamides is 4. The van der Waals surface area contributed by atoms with Crippen molar-refractivity contribution in [3.05, 3.63) is 0 Å². The van der Waals surface area contributed by atoms with Crippen molar-refractivity contribution in [2.45, 2.75) is 80.2 Å². The van der Waals surface area contributed by atoms with E-state index in [1.54, 1.807) is 13.7 Å². The van der Waals surface area contributed by atoms with E-state index in [0.29, 0.717) is 77.3 Å². The third-order valence-corrected chi connectivity index (χ3v) is 22.9. The van der Waals surface area contributed by atoms with Crippen LogP contribution < -0.4 is 0 Å². The van der Waals surface area contributed by atoms with Gasteiger partial charge < -0.3 is 0 Å². The number of halogens is 10. The first-order valence-corrected chi connectivity index (χ1v) is 32.7. The molecule has 0 spiro atoms. The fourth-order valence-corrected chi connectivity index (χ4v) is 15.4. The van der Waals surface area contributed by atoms with E-state index in [0.717, 1.165) is 42.9 Å². The molecule has 30 heteroatoms. The van der Waals surface area contributed by atoms with Gasteiger partial charge in [0.05, 0.1) is 38.3 Å². The molecule has 12 nitrogen and oxygen atoms in total. The Kier molecular flexibility index (Phi) is 37.0. The summed E-state index contributed by atoms with van der Waals surface area (Å²) in [6.07, 6.45) is 3.55. The zero-order valence-electron chi connectivity index (χ0n) is 39.7. The van der Waals surface area contributed by atoms with E-state index in [4.69, 9.17) is 0 Å². The molecule has 3 rings (SSSR count). The summed E-state index contributed by atoms with van der Waals surface area (Å²) in [5.74, 6) is -5.26. The molecule has 0 aromatic heterocycles. The fraction of sp³-hybridized carbons (Fsp3) is 1.00. The highest BCUT2D eigenvalue weighted by Gasteiger charge is 2.45. The first kappa shape index (κ1) is 72.2. The molecule has 3 saturated heterocycles. The maximum absolute atomic E-state index is 14.2. The second kappa shape index (κ2) is 33.3. The Morgan fingerprint density at radius 2 is 1.11 bits per heavy atom. The topological polar surface area (TPSA) is 150 Å². The Morgan fingerprint density at radius 3 is 1.48 bits per heavy atom. The lowest BCUT2D eigenvalue weighted by Crippen LogP contribution is -2.48. The van der Waals surface area contributed by atoms with Crippen molar-refractivity contribution < 1.29 is 77.6 Å². The van der Waals surface area contributed by atoms with Gasteiger partial charge in [0.15, 0.2) is 0 Å². The van der Waals surface area contributed by atoms with Gasteiger partial charge in [-0.15, -0.1) is 25.7 Å². The van der Waals surface area contributed by atoms with Crippen LogP contribution in [0.5, 0.6) is 0 Å². The van der Waals surface area contributed by atoms with Gasteiger partial charge in [0.2, 0.25) is 47.0 Å². The minimum absolute atomic E-state index is 0.0258. The molecule has 3 aliphatic heterocycles. The van der Waals surface area contributed by atoms with Crippen LogP contribution in [0.3, 0.4) is 0 Å². The Labute approximate surface area is 392 Å². The normalized spacial score (nSPS) is 28.5. The summed E-state index contributed by atoms with van der Waals surface area (Å²) >= 11 is 0. The van der Waals surface area contributed by atoms with E-state index in [-0.39, 0.29) is 39.5 Å². The number of nitrogens with zero attached hydrogens (tertiary/aromatic N) is 4. The molecule has 0 N–H and O–H groups in total. The van der Waals surface area contributed by atoms with E-state index in [9.17, 15) is 77.6 Å². The third kappa shape index (κ3) is 30.2. The fourth-order valence-electron chi connectivity index (χ4n) is 5.91. The summed E-state index contributed by atoms with van der Waals surface area (Å²) in [5.41, 5.74) is -3.47. The monoisotopic (exact) mass is 1120 g/mol. The van der Waals surface area contributed by atoms with Crippen molar-refractivity contribution in [3.63, 3.8) is 0 Å². The Morgan fingerprint density at radius 1 is 0.692 bits per heavy atom. The lowest BCUT2D eigenvalue weighted by molar-refractivity contribution is 0.0463. The van der Waals surface area contributed by atoms with Crippen LogP contribution in [0.1, 0.15) is 52.4 Å². The molecule has 3 fully saturated rings. The van der Waals surface area contributed by atoms with E-state index in [1.807, 2.05) is 20.0 Å². The minimum Gasteiger partial charge on any atom is -0.255 e. The van der Waals surface area contributed by atoms with Crippen LogP contribution >= 0.6 is 34.3 Å². The summed E-state index contributed by atoms with van der Waals surface area (Å²) in [7, 11) is -5.39. The lowest BCUT2D eigenvalue weighted by Gasteiger charge is -2.37. The molecule has 8 unspecified atom stereocenters. The highest BCUT2D eigenvalue weighted by Crippen LogP contribution is 2.44. The zero-order chi connectivity index (χ0) is 52.4. The van der Waals surface area contributed by atoms with Crippen LogP contribution in [0, 0.1) is 0 Å². The average Bonchev–Trinajstić information content (AvgIpc) is 3.19. The maximum Gasteiger partial charge on any atom is 0.260 e. The van der Waals surface area contributed by atoms with Crippen molar-refractivity contribution in [1.29, 1.82) is 0 Å². The van der Waals surface area contributed by atoms with Crippen molar-refractivity contribution in [2.75, 3.05) is 144 Å². The summed E-state index contributed by atoms with van der Waals surface area (Å²) in [6.45, 7) is 8.31. The Hall–Kier alpha value is 0.660. The summed E-state index contributed by atoms with van der Waals surface area (Å²) in [5, 5.41) is -2.17. The molecule has 0 amide bonds. The van der Waals surface area contributed by atoms with Crippen molar-refractivity contribution in [2.24, 2.45) is 0 Å². The van der Waals surface area contributed by atoms with Crippen LogP contribution in [0.2, 0.25) is 0 Å². The van der Waals surface area contributed by atoms with Crippen molar-refractivity contribution in [3.8, 4) is 0 Å². The van der Waals surface area contributed by atoms with Gasteiger partial charge in [-0.25, -0.2) is 81.6 Å². The Balaban J connectivity index is -0.000000364. The molecular weight excluding hydrogens is 1050 g/mol. The summed E-state index contributed by atoms with van der Waals surface area (Å²) in [6, 6.07) is 0. The molecule has 0 aromatic rings. The summed E-state index contributed by atoms with van der Waals surface area (Å²) in [4.78, 5) is 0. The van der Waals surface area contributed by atoms with Gasteiger partial charge in [0.25, 0.3) is 5.92 Å². The molecule has 0 bridgehead atoms. The highest BCUT2D eigenvalue weighted by molar-refractivity contribution is 7.90. The van der Waals surface area contributed by atoms with E-state index >= 15 is 0 Å². The molecule has 3 aliphatic rings. The van der Waals surface area contributed by atoms with E-state index in [1.165, 1.54) is 29.8 Å². The predicted octanol–water partition coefficient (Wildman–Crippen LogP) is 7.13. The molecule has 398 valence electrons. The summed E-state index contributed by atoms with van der Waals surface area (Å²) < 4.78 is 215. The average molecular weight is 1120 g/mol. The third-order valence-electron chi connectivity index (χ3n) is 9.93. The second-order valence-electron chi connectivity index (χ2n) is 15.7. The second-order valence-corrected chi connectivity index (χ2v) is 29.3. The van der Waals surface area contributed by atoms with Crippen LogP contribution in [-0.4, -0.2) is 223 Å². The number of hydrogen-bond donors (Lipinski definition) is 0. The van der Waals surface area contributed by atoms with E-state index in [2.05, 4.69) is 0 Å².